The average Bonchev–Trinajstić information content (AvgIpc) is 3.17. The van der Waals surface area contributed by atoms with Gasteiger partial charge >= 0.3 is 0 Å². The first-order valence-electron chi connectivity index (χ1n) is 9.23. The highest BCUT2D eigenvalue weighted by Gasteiger charge is 2.44. The Hall–Kier alpha value is -2.78. The number of fused-ring (bicyclic) bond motifs is 4. The number of Topliss-reactive ketones (excluding diaryl/α,β-unsaturated/α-hetero) is 1. The van der Waals surface area contributed by atoms with Gasteiger partial charge in [0.15, 0.2) is 5.78 Å². The summed E-state index contributed by atoms with van der Waals surface area (Å²) in [5.74, 6) is 0.173. The van der Waals surface area contributed by atoms with Gasteiger partial charge in [-0.15, -0.1) is 11.8 Å². The van der Waals surface area contributed by atoms with E-state index in [-0.39, 0.29) is 5.78 Å². The van der Waals surface area contributed by atoms with Crippen molar-refractivity contribution in [2.75, 3.05) is 0 Å². The fourth-order valence-corrected chi connectivity index (χ4v) is 5.41. The number of benzene rings is 3. The van der Waals surface area contributed by atoms with Gasteiger partial charge in [0.1, 0.15) is 4.75 Å². The number of carbonyl (C=O) groups is 1. The third-order valence-electron chi connectivity index (χ3n) is 5.47. The molecular formula is C24H19NOS. The van der Waals surface area contributed by atoms with E-state index in [1.165, 1.54) is 10.8 Å². The summed E-state index contributed by atoms with van der Waals surface area (Å²) in [7, 11) is 0. The minimum Gasteiger partial charge on any atom is -0.313 e. The summed E-state index contributed by atoms with van der Waals surface area (Å²) in [5, 5.41) is 2.37. The van der Waals surface area contributed by atoms with E-state index in [4.69, 9.17) is 0 Å². The Morgan fingerprint density at radius 3 is 2.52 bits per heavy atom. The van der Waals surface area contributed by atoms with E-state index in [1.54, 1.807) is 11.8 Å². The van der Waals surface area contributed by atoms with Gasteiger partial charge in [-0.25, -0.2) is 0 Å². The molecule has 0 saturated heterocycles. The Balaban J connectivity index is 1.79. The van der Waals surface area contributed by atoms with Crippen molar-refractivity contribution < 1.29 is 4.79 Å². The second-order valence-electron chi connectivity index (χ2n) is 6.90. The normalized spacial score (nSPS) is 18.8. The van der Waals surface area contributed by atoms with Crippen LogP contribution in [0, 0.1) is 0 Å². The van der Waals surface area contributed by atoms with E-state index in [1.807, 2.05) is 47.2 Å². The summed E-state index contributed by atoms with van der Waals surface area (Å²) >= 11 is 1.69. The molecule has 27 heavy (non-hydrogen) atoms. The van der Waals surface area contributed by atoms with Crippen molar-refractivity contribution in [3.63, 3.8) is 0 Å². The zero-order chi connectivity index (χ0) is 18.4. The van der Waals surface area contributed by atoms with Crippen LogP contribution in [-0.2, 0) is 4.75 Å². The van der Waals surface area contributed by atoms with Crippen molar-refractivity contribution >= 4 is 28.3 Å². The number of ketones is 1. The van der Waals surface area contributed by atoms with Crippen molar-refractivity contribution in [3.05, 3.63) is 96.3 Å². The molecule has 3 heteroatoms. The molecule has 132 valence electrons. The van der Waals surface area contributed by atoms with E-state index in [0.717, 1.165) is 28.3 Å². The van der Waals surface area contributed by atoms with Crippen molar-refractivity contribution in [2.24, 2.45) is 0 Å². The third-order valence-corrected chi connectivity index (χ3v) is 7.09. The van der Waals surface area contributed by atoms with Crippen molar-refractivity contribution in [1.82, 2.24) is 4.57 Å². The van der Waals surface area contributed by atoms with E-state index < -0.39 is 4.75 Å². The van der Waals surface area contributed by atoms with Crippen LogP contribution in [0.4, 0.5) is 0 Å². The lowest BCUT2D eigenvalue weighted by atomic mass is 9.88. The Labute approximate surface area is 162 Å². The topological polar surface area (TPSA) is 22.0 Å². The van der Waals surface area contributed by atoms with Crippen LogP contribution in [-0.4, -0.2) is 10.4 Å². The monoisotopic (exact) mass is 369 g/mol. The standard InChI is InChI=1S/C24H19NOS/c1-2-24(19-14-13-17-8-3-4-9-18(17)16-19)23(26)21-11-7-15-25(21)20-10-5-6-12-22(20)27-24/h3-16H,2H2,1H3. The van der Waals surface area contributed by atoms with E-state index in [0.29, 0.717) is 0 Å². The highest BCUT2D eigenvalue weighted by Crippen LogP contribution is 2.50. The highest BCUT2D eigenvalue weighted by molar-refractivity contribution is 8.01. The van der Waals surface area contributed by atoms with E-state index >= 15 is 0 Å². The van der Waals surface area contributed by atoms with Gasteiger partial charge in [0.05, 0.1) is 11.4 Å². The molecule has 1 atom stereocenters. The van der Waals surface area contributed by atoms with Gasteiger partial charge in [0, 0.05) is 11.1 Å². The Morgan fingerprint density at radius 1 is 0.889 bits per heavy atom. The van der Waals surface area contributed by atoms with E-state index in [9.17, 15) is 4.79 Å². The number of rotatable bonds is 2. The second kappa shape index (κ2) is 6.14. The smallest absolute Gasteiger partial charge is 0.200 e. The molecule has 2 nitrogen and oxygen atoms in total. The molecule has 2 heterocycles. The number of nitrogens with zero attached hydrogens (tertiary/aromatic N) is 1. The van der Waals surface area contributed by atoms with Gasteiger partial charge in [-0.1, -0.05) is 55.5 Å². The Kier molecular flexibility index (Phi) is 3.73. The third kappa shape index (κ3) is 2.38. The van der Waals surface area contributed by atoms with Crippen molar-refractivity contribution in [2.45, 2.75) is 23.0 Å². The van der Waals surface area contributed by atoms with E-state index in [2.05, 4.69) is 49.4 Å². The Bertz CT molecular complexity index is 1180. The first-order chi connectivity index (χ1) is 13.2. The molecular weight excluding hydrogens is 350 g/mol. The Morgan fingerprint density at radius 2 is 1.67 bits per heavy atom. The maximum Gasteiger partial charge on any atom is 0.200 e. The van der Waals surface area contributed by atoms with Crippen LogP contribution in [0.2, 0.25) is 0 Å². The molecule has 0 spiro atoms. The summed E-state index contributed by atoms with van der Waals surface area (Å²) in [6.45, 7) is 2.11. The number of carbonyl (C=O) groups excluding carboxylic acids is 1. The zero-order valence-electron chi connectivity index (χ0n) is 15.1. The van der Waals surface area contributed by atoms with Crippen LogP contribution in [0.1, 0.15) is 29.4 Å². The first kappa shape index (κ1) is 16.4. The van der Waals surface area contributed by atoms with Crippen molar-refractivity contribution in [3.8, 4) is 5.69 Å². The summed E-state index contributed by atoms with van der Waals surface area (Å²) in [4.78, 5) is 14.9. The molecule has 1 unspecified atom stereocenters. The molecule has 0 saturated carbocycles. The SMILES string of the molecule is CCC1(c2ccc3ccccc3c2)Sc2ccccc2-n2cccc2C1=O. The zero-order valence-corrected chi connectivity index (χ0v) is 15.9. The summed E-state index contributed by atoms with van der Waals surface area (Å²) in [6.07, 6.45) is 2.72. The van der Waals surface area contributed by atoms with Crippen LogP contribution < -0.4 is 0 Å². The first-order valence-corrected chi connectivity index (χ1v) is 10.0. The fourth-order valence-electron chi connectivity index (χ4n) is 4.03. The van der Waals surface area contributed by atoms with Crippen LogP contribution in [0.3, 0.4) is 0 Å². The fraction of sp³-hybridized carbons (Fsp3) is 0.125. The molecule has 1 aliphatic heterocycles. The lowest BCUT2D eigenvalue weighted by Crippen LogP contribution is -2.32. The molecule has 1 aliphatic rings. The van der Waals surface area contributed by atoms with Gasteiger partial charge in [0.25, 0.3) is 0 Å². The predicted octanol–water partition coefficient (Wildman–Crippen LogP) is 6.22. The second-order valence-corrected chi connectivity index (χ2v) is 8.25. The van der Waals surface area contributed by atoms with Gasteiger partial charge in [-0.2, -0.15) is 0 Å². The maximum absolute atomic E-state index is 13.8. The minimum absolute atomic E-state index is 0.173. The number of aromatic nitrogens is 1. The van der Waals surface area contributed by atoms with Crippen LogP contribution in [0.15, 0.2) is 90.0 Å². The molecule has 3 aromatic carbocycles. The molecule has 0 N–H and O–H groups in total. The number of hydrogen-bond donors (Lipinski definition) is 0. The molecule has 1 aromatic heterocycles. The molecule has 0 radical (unpaired) electrons. The van der Waals surface area contributed by atoms with Crippen LogP contribution in [0.5, 0.6) is 0 Å². The number of hydrogen-bond acceptors (Lipinski definition) is 2. The average molecular weight is 369 g/mol. The van der Waals surface area contributed by atoms with Gasteiger partial charge < -0.3 is 4.57 Å². The van der Waals surface area contributed by atoms with Crippen LogP contribution in [0.25, 0.3) is 16.5 Å². The molecule has 0 bridgehead atoms. The number of para-hydroxylation sites is 1. The summed E-state index contributed by atoms with van der Waals surface area (Å²) in [6, 6.07) is 26.9. The molecule has 0 fully saturated rings. The minimum atomic E-state index is -0.632. The molecule has 5 rings (SSSR count). The largest absolute Gasteiger partial charge is 0.313 e. The van der Waals surface area contributed by atoms with Crippen molar-refractivity contribution in [1.29, 1.82) is 0 Å². The summed E-state index contributed by atoms with van der Waals surface area (Å²) < 4.78 is 1.40. The quantitative estimate of drug-likeness (QED) is 0.418. The highest BCUT2D eigenvalue weighted by atomic mass is 32.2. The van der Waals surface area contributed by atoms with Gasteiger partial charge in [0.2, 0.25) is 0 Å². The van der Waals surface area contributed by atoms with Gasteiger partial charge in [-0.3, -0.25) is 4.79 Å². The lowest BCUT2D eigenvalue weighted by molar-refractivity contribution is 0.0933. The molecule has 4 aromatic rings. The molecule has 0 amide bonds. The summed E-state index contributed by atoms with van der Waals surface area (Å²) in [5.41, 5.74) is 2.90. The van der Waals surface area contributed by atoms with Gasteiger partial charge in [-0.05, 0) is 53.1 Å². The maximum atomic E-state index is 13.8. The predicted molar refractivity (Wildman–Crippen MR) is 112 cm³/mol. The van der Waals surface area contributed by atoms with Crippen LogP contribution >= 0.6 is 11.8 Å². The molecule has 0 aliphatic carbocycles. The lowest BCUT2D eigenvalue weighted by Gasteiger charge is -2.30. The number of thioether (sulfide) groups is 1.